The van der Waals surface area contributed by atoms with Gasteiger partial charge in [0.1, 0.15) is 6.54 Å². The van der Waals surface area contributed by atoms with Gasteiger partial charge in [-0.2, -0.15) is 0 Å². The second-order valence-electron chi connectivity index (χ2n) is 4.02. The van der Waals surface area contributed by atoms with Crippen LogP contribution in [0.4, 0.5) is 0 Å². The molecule has 0 fully saturated rings. The number of benzene rings is 1. The Bertz CT molecular complexity index is 422. The third-order valence-corrected chi connectivity index (χ3v) is 3.58. The van der Waals surface area contributed by atoms with Gasteiger partial charge >= 0.3 is 0 Å². The van der Waals surface area contributed by atoms with E-state index in [2.05, 4.69) is 36.5 Å². The summed E-state index contributed by atoms with van der Waals surface area (Å²) in [6.07, 6.45) is 1.73. The normalized spacial score (nSPS) is 10.6. The number of aryl methyl sites for hydroxylation is 1. The molecule has 1 aromatic carbocycles. The summed E-state index contributed by atoms with van der Waals surface area (Å²) in [7, 11) is 0. The van der Waals surface area contributed by atoms with Crippen molar-refractivity contribution in [1.29, 1.82) is 0 Å². The summed E-state index contributed by atoms with van der Waals surface area (Å²) in [6, 6.07) is 12.6. The molecule has 1 heterocycles. The number of nitrogens with two attached hydrogens (primary N) is 1. The highest BCUT2D eigenvalue weighted by Gasteiger charge is 1.98. The maximum Gasteiger partial charge on any atom is 0.157 e. The van der Waals surface area contributed by atoms with E-state index in [0.29, 0.717) is 0 Å². The van der Waals surface area contributed by atoms with Crippen LogP contribution in [0.15, 0.2) is 52.0 Å². The van der Waals surface area contributed by atoms with Crippen LogP contribution >= 0.6 is 11.8 Å². The van der Waals surface area contributed by atoms with E-state index >= 15 is 0 Å². The van der Waals surface area contributed by atoms with Crippen LogP contribution in [0.5, 0.6) is 0 Å². The van der Waals surface area contributed by atoms with Crippen molar-refractivity contribution in [2.75, 3.05) is 12.3 Å². The van der Waals surface area contributed by atoms with E-state index in [0.717, 1.165) is 24.6 Å². The highest BCUT2D eigenvalue weighted by atomic mass is 32.2. The van der Waals surface area contributed by atoms with Crippen molar-refractivity contribution in [2.24, 2.45) is 0 Å². The standard InChI is InChI=1S/C14H17NOS/c1-12-4-6-14(7-5-12)17-10-8-15-11-13-3-2-9-16-13/h2-7,9,15H,8,10-11H2,1H3/p+1. The lowest BCUT2D eigenvalue weighted by Gasteiger charge is -2.01. The van der Waals surface area contributed by atoms with E-state index in [-0.39, 0.29) is 0 Å². The topological polar surface area (TPSA) is 29.8 Å². The van der Waals surface area contributed by atoms with Gasteiger partial charge in [0.2, 0.25) is 0 Å². The Kier molecular flexibility index (Phi) is 4.71. The van der Waals surface area contributed by atoms with Crippen molar-refractivity contribution in [2.45, 2.75) is 18.4 Å². The molecule has 1 aromatic heterocycles. The Morgan fingerprint density at radius 2 is 2.00 bits per heavy atom. The maximum absolute atomic E-state index is 5.27. The molecule has 0 radical (unpaired) electrons. The zero-order valence-electron chi connectivity index (χ0n) is 10.1. The zero-order valence-corrected chi connectivity index (χ0v) is 10.9. The molecule has 2 N–H and O–H groups in total. The minimum absolute atomic E-state index is 0.932. The molecule has 0 aliphatic rings. The third-order valence-electron chi connectivity index (χ3n) is 2.54. The molecule has 0 saturated carbocycles. The van der Waals surface area contributed by atoms with Crippen LogP contribution in [0.3, 0.4) is 0 Å². The van der Waals surface area contributed by atoms with Gasteiger partial charge < -0.3 is 9.73 Å². The van der Waals surface area contributed by atoms with Gasteiger partial charge in [-0.25, -0.2) is 0 Å². The summed E-state index contributed by atoms with van der Waals surface area (Å²) in [5.74, 6) is 2.18. The molecule has 0 amide bonds. The van der Waals surface area contributed by atoms with Crippen LogP contribution in [-0.4, -0.2) is 12.3 Å². The van der Waals surface area contributed by atoms with Crippen molar-refractivity contribution in [3.63, 3.8) is 0 Å². The number of furan rings is 1. The van der Waals surface area contributed by atoms with Crippen LogP contribution in [0, 0.1) is 6.92 Å². The van der Waals surface area contributed by atoms with Crippen LogP contribution in [0.2, 0.25) is 0 Å². The minimum atomic E-state index is 0.932. The molecule has 2 aromatic rings. The van der Waals surface area contributed by atoms with Crippen molar-refractivity contribution < 1.29 is 9.73 Å². The summed E-state index contributed by atoms with van der Waals surface area (Å²) in [5, 5.41) is 2.28. The lowest BCUT2D eigenvalue weighted by atomic mass is 10.2. The molecule has 0 aliphatic heterocycles. The Morgan fingerprint density at radius 3 is 2.71 bits per heavy atom. The van der Waals surface area contributed by atoms with Gasteiger partial charge in [-0.15, -0.1) is 11.8 Å². The number of quaternary nitrogens is 1. The van der Waals surface area contributed by atoms with Gasteiger partial charge in [0.05, 0.1) is 12.8 Å². The van der Waals surface area contributed by atoms with Gasteiger partial charge in [-0.1, -0.05) is 17.7 Å². The second-order valence-corrected chi connectivity index (χ2v) is 5.19. The molecule has 2 nitrogen and oxygen atoms in total. The number of hydrogen-bond acceptors (Lipinski definition) is 2. The fourth-order valence-electron chi connectivity index (χ4n) is 1.57. The molecule has 3 heteroatoms. The van der Waals surface area contributed by atoms with E-state index in [1.165, 1.54) is 10.5 Å². The molecule has 0 saturated heterocycles. The minimum Gasteiger partial charge on any atom is -0.463 e. The lowest BCUT2D eigenvalue weighted by Crippen LogP contribution is -2.83. The Labute approximate surface area is 106 Å². The van der Waals surface area contributed by atoms with Crippen LogP contribution in [0.25, 0.3) is 0 Å². The largest absolute Gasteiger partial charge is 0.463 e. The molecular weight excluding hydrogens is 230 g/mol. The first-order valence-corrected chi connectivity index (χ1v) is 6.86. The summed E-state index contributed by atoms with van der Waals surface area (Å²) >= 11 is 1.90. The molecule has 0 atom stereocenters. The predicted molar refractivity (Wildman–Crippen MR) is 71.1 cm³/mol. The summed E-state index contributed by atoms with van der Waals surface area (Å²) in [4.78, 5) is 1.35. The van der Waals surface area contributed by atoms with Gasteiger partial charge in [-0.3, -0.25) is 0 Å². The molecule has 90 valence electrons. The number of thioether (sulfide) groups is 1. The van der Waals surface area contributed by atoms with Gasteiger partial charge in [0.25, 0.3) is 0 Å². The quantitative estimate of drug-likeness (QED) is 0.628. The summed E-state index contributed by atoms with van der Waals surface area (Å²) < 4.78 is 5.27. The number of rotatable bonds is 6. The van der Waals surface area contributed by atoms with E-state index in [9.17, 15) is 0 Å². The average molecular weight is 248 g/mol. The van der Waals surface area contributed by atoms with Crippen molar-refractivity contribution in [1.82, 2.24) is 0 Å². The first-order chi connectivity index (χ1) is 8.34. The van der Waals surface area contributed by atoms with Crippen molar-refractivity contribution >= 4 is 11.8 Å². The number of hydrogen-bond donors (Lipinski definition) is 1. The lowest BCUT2D eigenvalue weighted by molar-refractivity contribution is -0.668. The highest BCUT2D eigenvalue weighted by molar-refractivity contribution is 7.99. The van der Waals surface area contributed by atoms with Gasteiger partial charge in [0, 0.05) is 10.6 Å². The van der Waals surface area contributed by atoms with E-state index < -0.39 is 0 Å². The molecular formula is C14H18NOS+. The predicted octanol–water partition coefficient (Wildman–Crippen LogP) is 2.44. The van der Waals surface area contributed by atoms with Crippen LogP contribution < -0.4 is 5.32 Å². The van der Waals surface area contributed by atoms with E-state index in [1.807, 2.05) is 23.9 Å². The van der Waals surface area contributed by atoms with Crippen molar-refractivity contribution in [3.8, 4) is 0 Å². The molecule has 2 rings (SSSR count). The van der Waals surface area contributed by atoms with Crippen LogP contribution in [-0.2, 0) is 6.54 Å². The SMILES string of the molecule is Cc1ccc(SCC[NH2+]Cc2ccco2)cc1. The fraction of sp³-hybridized carbons (Fsp3) is 0.286. The Balaban J connectivity index is 1.61. The fourth-order valence-corrected chi connectivity index (χ4v) is 2.42. The molecule has 0 aliphatic carbocycles. The Hall–Kier alpha value is -1.19. The average Bonchev–Trinajstić information content (AvgIpc) is 2.84. The monoisotopic (exact) mass is 248 g/mol. The smallest absolute Gasteiger partial charge is 0.157 e. The first-order valence-electron chi connectivity index (χ1n) is 5.88. The second kappa shape index (κ2) is 6.52. The molecule has 0 spiro atoms. The Morgan fingerprint density at radius 1 is 1.18 bits per heavy atom. The van der Waals surface area contributed by atoms with Gasteiger partial charge in [0.15, 0.2) is 5.76 Å². The summed E-state index contributed by atoms with van der Waals surface area (Å²) in [5.41, 5.74) is 1.32. The molecule has 0 bridgehead atoms. The van der Waals surface area contributed by atoms with Crippen LogP contribution in [0.1, 0.15) is 11.3 Å². The summed E-state index contributed by atoms with van der Waals surface area (Å²) in [6.45, 7) is 4.16. The zero-order chi connectivity index (χ0) is 11.9. The molecule has 0 unspecified atom stereocenters. The van der Waals surface area contributed by atoms with E-state index in [4.69, 9.17) is 4.42 Å². The van der Waals surface area contributed by atoms with E-state index in [1.54, 1.807) is 6.26 Å². The van der Waals surface area contributed by atoms with Crippen molar-refractivity contribution in [3.05, 3.63) is 54.0 Å². The third kappa shape index (κ3) is 4.29. The molecule has 17 heavy (non-hydrogen) atoms. The highest BCUT2D eigenvalue weighted by Crippen LogP contribution is 2.16. The van der Waals surface area contributed by atoms with Gasteiger partial charge in [-0.05, 0) is 31.2 Å². The first kappa shape index (κ1) is 12.3. The maximum atomic E-state index is 5.27.